The zero-order valence-electron chi connectivity index (χ0n) is 13.2. The van der Waals surface area contributed by atoms with E-state index in [1.54, 1.807) is 12.3 Å². The number of nitrogens with zero attached hydrogens (tertiary/aromatic N) is 2. The predicted octanol–water partition coefficient (Wildman–Crippen LogP) is 1.56. The lowest BCUT2D eigenvalue weighted by Crippen LogP contribution is -2.36. The van der Waals surface area contributed by atoms with Gasteiger partial charge in [0.15, 0.2) is 0 Å². The van der Waals surface area contributed by atoms with Crippen LogP contribution in [0.5, 0.6) is 0 Å². The molecule has 1 heterocycles. The molecule has 0 bridgehead atoms. The summed E-state index contributed by atoms with van der Waals surface area (Å²) in [4.78, 5) is 25.2. The van der Waals surface area contributed by atoms with Crippen molar-refractivity contribution in [2.75, 3.05) is 13.1 Å². The van der Waals surface area contributed by atoms with Gasteiger partial charge in [0.2, 0.25) is 5.91 Å². The highest BCUT2D eigenvalue weighted by Crippen LogP contribution is 2.18. The number of likely N-dealkylation sites (tertiary alicyclic amines) is 1. The van der Waals surface area contributed by atoms with Gasteiger partial charge in [-0.3, -0.25) is 9.59 Å². The van der Waals surface area contributed by atoms with E-state index in [1.807, 2.05) is 29.2 Å². The molecule has 1 fully saturated rings. The highest BCUT2D eigenvalue weighted by atomic mass is 35.5. The first-order valence-electron chi connectivity index (χ1n) is 7.68. The van der Waals surface area contributed by atoms with Crippen molar-refractivity contribution >= 4 is 23.4 Å². The smallest absolute Gasteiger partial charge is 0.263 e. The van der Waals surface area contributed by atoms with E-state index in [0.29, 0.717) is 31.0 Å². The van der Waals surface area contributed by atoms with E-state index in [4.69, 9.17) is 17.3 Å². The topological polar surface area (TPSA) is 99.2 Å². The third kappa shape index (κ3) is 4.74. The SMILES string of the molecule is N#C/C(=C/N1CCC(C(N)=O)CC1)C(=O)NCc1ccccc1Cl. The van der Waals surface area contributed by atoms with Gasteiger partial charge in [-0.05, 0) is 24.5 Å². The number of hydrogen-bond acceptors (Lipinski definition) is 4. The van der Waals surface area contributed by atoms with Crippen molar-refractivity contribution < 1.29 is 9.59 Å². The number of hydrogen-bond donors (Lipinski definition) is 2. The zero-order valence-corrected chi connectivity index (χ0v) is 13.9. The molecule has 2 amide bonds. The minimum Gasteiger partial charge on any atom is -0.376 e. The van der Waals surface area contributed by atoms with Crippen LogP contribution in [-0.4, -0.2) is 29.8 Å². The molecule has 0 aromatic heterocycles. The molecular formula is C17H19ClN4O2. The summed E-state index contributed by atoms with van der Waals surface area (Å²) < 4.78 is 0. The molecule has 126 valence electrons. The number of carbonyl (C=O) groups is 2. The second kappa shape index (κ2) is 8.37. The molecule has 6 nitrogen and oxygen atoms in total. The molecule has 1 aliphatic rings. The van der Waals surface area contributed by atoms with Crippen molar-refractivity contribution in [3.63, 3.8) is 0 Å². The van der Waals surface area contributed by atoms with E-state index in [0.717, 1.165) is 5.56 Å². The van der Waals surface area contributed by atoms with Crippen LogP contribution in [0.15, 0.2) is 36.0 Å². The Hall–Kier alpha value is -2.52. The van der Waals surface area contributed by atoms with Crippen LogP contribution >= 0.6 is 11.6 Å². The number of carbonyl (C=O) groups excluding carboxylic acids is 2. The fourth-order valence-corrected chi connectivity index (χ4v) is 2.75. The Morgan fingerprint density at radius 3 is 2.62 bits per heavy atom. The van der Waals surface area contributed by atoms with Gasteiger partial charge < -0.3 is 16.0 Å². The summed E-state index contributed by atoms with van der Waals surface area (Å²) in [5, 5.41) is 12.5. The molecule has 0 saturated carbocycles. The number of nitriles is 1. The maximum atomic E-state index is 12.2. The Morgan fingerprint density at radius 1 is 1.38 bits per heavy atom. The average molecular weight is 347 g/mol. The van der Waals surface area contributed by atoms with Gasteiger partial charge in [0.25, 0.3) is 5.91 Å². The van der Waals surface area contributed by atoms with Gasteiger partial charge in [-0.15, -0.1) is 0 Å². The minimum absolute atomic E-state index is 0.0274. The molecule has 0 radical (unpaired) electrons. The highest BCUT2D eigenvalue weighted by molar-refractivity contribution is 6.31. The molecule has 0 spiro atoms. The molecule has 0 unspecified atom stereocenters. The van der Waals surface area contributed by atoms with Crippen molar-refractivity contribution in [3.8, 4) is 6.07 Å². The number of amides is 2. The summed E-state index contributed by atoms with van der Waals surface area (Å²) in [6.45, 7) is 1.44. The lowest BCUT2D eigenvalue weighted by Gasteiger charge is -2.29. The molecule has 1 aliphatic heterocycles. The monoisotopic (exact) mass is 346 g/mol. The first-order chi connectivity index (χ1) is 11.5. The summed E-state index contributed by atoms with van der Waals surface area (Å²) in [6, 6.07) is 9.11. The summed E-state index contributed by atoms with van der Waals surface area (Å²) in [5.74, 6) is -0.875. The van der Waals surface area contributed by atoms with Crippen molar-refractivity contribution in [3.05, 3.63) is 46.6 Å². The molecule has 1 aromatic carbocycles. The molecule has 3 N–H and O–H groups in total. The Bertz CT molecular complexity index is 688. The van der Waals surface area contributed by atoms with Gasteiger partial charge in [0, 0.05) is 36.8 Å². The number of halogens is 1. The first kappa shape index (κ1) is 17.8. The van der Waals surface area contributed by atoms with Crippen LogP contribution in [-0.2, 0) is 16.1 Å². The molecule has 7 heteroatoms. The van der Waals surface area contributed by atoms with Crippen molar-refractivity contribution in [2.45, 2.75) is 19.4 Å². The van der Waals surface area contributed by atoms with Crippen LogP contribution in [0, 0.1) is 17.2 Å². The molecule has 24 heavy (non-hydrogen) atoms. The van der Waals surface area contributed by atoms with E-state index in [1.165, 1.54) is 0 Å². The average Bonchev–Trinajstić information content (AvgIpc) is 2.59. The third-order valence-electron chi connectivity index (χ3n) is 4.01. The van der Waals surface area contributed by atoms with Crippen molar-refractivity contribution in [1.29, 1.82) is 5.26 Å². The Kier molecular flexibility index (Phi) is 6.21. The van der Waals surface area contributed by atoms with Gasteiger partial charge in [0.05, 0.1) is 0 Å². The van der Waals surface area contributed by atoms with Crippen LogP contribution in [0.2, 0.25) is 5.02 Å². The summed E-state index contributed by atoms with van der Waals surface area (Å²) >= 11 is 6.04. The number of nitrogens with one attached hydrogen (secondary N) is 1. The predicted molar refractivity (Wildman–Crippen MR) is 90.5 cm³/mol. The van der Waals surface area contributed by atoms with Crippen LogP contribution in [0.1, 0.15) is 18.4 Å². The third-order valence-corrected chi connectivity index (χ3v) is 4.37. The standard InChI is InChI=1S/C17H19ClN4O2/c18-15-4-2-1-3-13(15)10-21-17(24)14(9-19)11-22-7-5-12(6-8-22)16(20)23/h1-4,11-12H,5-8,10H2,(H2,20,23)(H,21,24)/b14-11-. The van der Waals surface area contributed by atoms with E-state index >= 15 is 0 Å². The molecular weight excluding hydrogens is 328 g/mol. The second-order valence-electron chi connectivity index (χ2n) is 5.64. The van der Waals surface area contributed by atoms with Crippen LogP contribution in [0.3, 0.4) is 0 Å². The molecule has 0 atom stereocenters. The minimum atomic E-state index is -0.450. The van der Waals surface area contributed by atoms with Crippen LogP contribution in [0.4, 0.5) is 0 Å². The largest absolute Gasteiger partial charge is 0.376 e. The molecule has 0 aliphatic carbocycles. The van der Waals surface area contributed by atoms with E-state index < -0.39 is 5.91 Å². The number of benzene rings is 1. The van der Waals surface area contributed by atoms with Gasteiger partial charge in [-0.25, -0.2) is 0 Å². The Morgan fingerprint density at radius 2 is 2.04 bits per heavy atom. The molecule has 2 rings (SSSR count). The summed E-state index contributed by atoms with van der Waals surface area (Å²) in [5.41, 5.74) is 6.11. The Labute approximate surface area is 145 Å². The van der Waals surface area contributed by atoms with E-state index in [9.17, 15) is 14.9 Å². The summed E-state index contributed by atoms with van der Waals surface area (Å²) in [7, 11) is 0. The fraction of sp³-hybridized carbons (Fsp3) is 0.353. The van der Waals surface area contributed by atoms with E-state index in [-0.39, 0.29) is 23.9 Å². The summed E-state index contributed by atoms with van der Waals surface area (Å²) in [6.07, 6.45) is 2.80. The normalized spacial score (nSPS) is 15.7. The Balaban J connectivity index is 1.93. The number of piperidine rings is 1. The van der Waals surface area contributed by atoms with Crippen molar-refractivity contribution in [1.82, 2.24) is 10.2 Å². The van der Waals surface area contributed by atoms with Crippen LogP contribution < -0.4 is 11.1 Å². The number of primary amides is 1. The second-order valence-corrected chi connectivity index (χ2v) is 6.05. The van der Waals surface area contributed by atoms with Crippen molar-refractivity contribution in [2.24, 2.45) is 11.7 Å². The maximum absolute atomic E-state index is 12.2. The van der Waals surface area contributed by atoms with Crippen LogP contribution in [0.25, 0.3) is 0 Å². The van der Waals surface area contributed by atoms with Gasteiger partial charge in [-0.1, -0.05) is 29.8 Å². The quantitative estimate of drug-likeness (QED) is 0.624. The highest BCUT2D eigenvalue weighted by Gasteiger charge is 2.22. The zero-order chi connectivity index (χ0) is 17.5. The maximum Gasteiger partial charge on any atom is 0.263 e. The van der Waals surface area contributed by atoms with Gasteiger partial charge >= 0.3 is 0 Å². The first-order valence-corrected chi connectivity index (χ1v) is 8.06. The van der Waals surface area contributed by atoms with Gasteiger partial charge in [-0.2, -0.15) is 5.26 Å². The molecule has 1 aromatic rings. The molecule has 1 saturated heterocycles. The lowest BCUT2D eigenvalue weighted by atomic mass is 9.96. The lowest BCUT2D eigenvalue weighted by molar-refractivity contribution is -0.123. The van der Waals surface area contributed by atoms with E-state index in [2.05, 4.69) is 5.32 Å². The number of nitrogens with two attached hydrogens (primary N) is 1. The van der Waals surface area contributed by atoms with Gasteiger partial charge in [0.1, 0.15) is 11.6 Å². The fourth-order valence-electron chi connectivity index (χ4n) is 2.55. The number of rotatable bonds is 5.